The number of ether oxygens (including phenoxy) is 1. The van der Waals surface area contributed by atoms with E-state index in [-0.39, 0.29) is 0 Å². The van der Waals surface area contributed by atoms with Crippen LogP contribution in [0, 0.1) is 17.8 Å². The van der Waals surface area contributed by atoms with Crippen molar-refractivity contribution in [2.45, 2.75) is 37.2 Å². The number of nitrogens with zero attached hydrogens (tertiary/aromatic N) is 4. The number of hydrogen-bond donors (Lipinski definition) is 0. The van der Waals surface area contributed by atoms with Crippen molar-refractivity contribution < 1.29 is 13.2 Å². The number of piperidine rings is 2. The number of hydrogen-bond acceptors (Lipinski definition) is 7. The first-order chi connectivity index (χ1) is 15.4. The molecule has 0 spiro atoms. The largest absolute Gasteiger partial charge is 0.378 e. The molecule has 3 fully saturated rings. The van der Waals surface area contributed by atoms with Gasteiger partial charge in [0.25, 0.3) is 0 Å². The van der Waals surface area contributed by atoms with Crippen molar-refractivity contribution in [3.63, 3.8) is 0 Å². The van der Waals surface area contributed by atoms with Gasteiger partial charge in [-0.15, -0.1) is 0 Å². The molecule has 0 bridgehead atoms. The van der Waals surface area contributed by atoms with Crippen molar-refractivity contribution in [2.24, 2.45) is 17.8 Å². The molecule has 0 amide bonds. The van der Waals surface area contributed by atoms with Crippen LogP contribution in [0.2, 0.25) is 0 Å². The fourth-order valence-corrected chi connectivity index (χ4v) is 5.82. The molecular formula is C24H32N4O3S. The number of aromatic nitrogens is 2. The van der Waals surface area contributed by atoms with Gasteiger partial charge < -0.3 is 14.5 Å². The van der Waals surface area contributed by atoms with E-state index >= 15 is 0 Å². The molecule has 1 saturated carbocycles. The van der Waals surface area contributed by atoms with Crippen LogP contribution in [0.3, 0.4) is 0 Å². The SMILES string of the molecule is CCc1cnc(N2CC3[C@@H](COC4CCN(c5ccc(S(C)(=O)=O)cc5)CC4)[C@@H]3C2)nc1. The highest BCUT2D eigenvalue weighted by Gasteiger charge is 2.56. The molecule has 0 N–H and O–H groups in total. The molecule has 5 rings (SSSR count). The number of benzene rings is 1. The molecule has 172 valence electrons. The summed E-state index contributed by atoms with van der Waals surface area (Å²) in [5, 5.41) is 0. The van der Waals surface area contributed by atoms with Crippen molar-refractivity contribution >= 4 is 21.5 Å². The highest BCUT2D eigenvalue weighted by molar-refractivity contribution is 7.90. The summed E-state index contributed by atoms with van der Waals surface area (Å²) in [5.74, 6) is 2.99. The van der Waals surface area contributed by atoms with Gasteiger partial charge in [-0.1, -0.05) is 6.92 Å². The summed E-state index contributed by atoms with van der Waals surface area (Å²) in [5.41, 5.74) is 2.27. The Morgan fingerprint density at radius 1 is 1.00 bits per heavy atom. The Morgan fingerprint density at radius 3 is 2.19 bits per heavy atom. The van der Waals surface area contributed by atoms with Crippen LogP contribution in [0.15, 0.2) is 41.6 Å². The number of sulfone groups is 1. The summed E-state index contributed by atoms with van der Waals surface area (Å²) in [6.45, 7) is 6.97. The van der Waals surface area contributed by atoms with E-state index in [1.54, 1.807) is 12.1 Å². The molecule has 1 aromatic carbocycles. The van der Waals surface area contributed by atoms with E-state index in [4.69, 9.17) is 4.74 Å². The van der Waals surface area contributed by atoms with E-state index in [9.17, 15) is 8.42 Å². The van der Waals surface area contributed by atoms with E-state index in [1.807, 2.05) is 24.5 Å². The van der Waals surface area contributed by atoms with E-state index in [0.717, 1.165) is 75.5 Å². The Hall–Kier alpha value is -2.19. The Bertz CT molecular complexity index is 1020. The van der Waals surface area contributed by atoms with Gasteiger partial charge in [-0.2, -0.15) is 0 Å². The molecule has 1 aromatic heterocycles. The Kier molecular flexibility index (Phi) is 5.84. The topological polar surface area (TPSA) is 75.6 Å². The maximum Gasteiger partial charge on any atom is 0.225 e. The van der Waals surface area contributed by atoms with E-state index in [0.29, 0.717) is 16.9 Å². The van der Waals surface area contributed by atoms with Gasteiger partial charge in [-0.05, 0) is 66.8 Å². The zero-order valence-electron chi connectivity index (χ0n) is 18.9. The van der Waals surface area contributed by atoms with Gasteiger partial charge in [0.2, 0.25) is 5.95 Å². The molecule has 8 heteroatoms. The molecule has 2 aromatic rings. The molecule has 1 unspecified atom stereocenters. The van der Waals surface area contributed by atoms with Crippen molar-refractivity contribution in [3.8, 4) is 0 Å². The molecule has 32 heavy (non-hydrogen) atoms. The second-order valence-corrected chi connectivity index (χ2v) is 11.4. The highest BCUT2D eigenvalue weighted by Crippen LogP contribution is 2.52. The van der Waals surface area contributed by atoms with Crippen LogP contribution in [0.4, 0.5) is 11.6 Å². The quantitative estimate of drug-likeness (QED) is 0.634. The fourth-order valence-electron chi connectivity index (χ4n) is 5.19. The van der Waals surface area contributed by atoms with Crippen molar-refractivity contribution in [2.75, 3.05) is 48.8 Å². The number of rotatable bonds is 7. The van der Waals surface area contributed by atoms with Crippen LogP contribution in [-0.4, -0.2) is 63.5 Å². The fraction of sp³-hybridized carbons (Fsp3) is 0.583. The summed E-state index contributed by atoms with van der Waals surface area (Å²) in [4.78, 5) is 14.1. The lowest BCUT2D eigenvalue weighted by atomic mass is 10.1. The molecule has 3 aliphatic rings. The third-order valence-electron chi connectivity index (χ3n) is 7.35. The number of aryl methyl sites for hydroxylation is 1. The molecule has 7 nitrogen and oxygen atoms in total. The first-order valence-electron chi connectivity index (χ1n) is 11.6. The maximum atomic E-state index is 11.6. The van der Waals surface area contributed by atoms with Crippen LogP contribution in [0.5, 0.6) is 0 Å². The zero-order valence-corrected chi connectivity index (χ0v) is 19.7. The predicted molar refractivity (Wildman–Crippen MR) is 125 cm³/mol. The molecule has 2 aliphatic heterocycles. The highest BCUT2D eigenvalue weighted by atomic mass is 32.2. The van der Waals surface area contributed by atoms with Gasteiger partial charge in [0.1, 0.15) is 0 Å². The second kappa shape index (κ2) is 8.63. The lowest BCUT2D eigenvalue weighted by molar-refractivity contribution is 0.0263. The zero-order chi connectivity index (χ0) is 22.3. The summed E-state index contributed by atoms with van der Waals surface area (Å²) in [6.07, 6.45) is 8.45. The first-order valence-corrected chi connectivity index (χ1v) is 13.5. The van der Waals surface area contributed by atoms with Crippen LogP contribution in [0.1, 0.15) is 25.3 Å². The van der Waals surface area contributed by atoms with Crippen LogP contribution in [-0.2, 0) is 21.0 Å². The van der Waals surface area contributed by atoms with Gasteiger partial charge in [-0.25, -0.2) is 18.4 Å². The second-order valence-electron chi connectivity index (χ2n) is 9.43. The number of fused-ring (bicyclic) bond motifs is 1. The molecular weight excluding hydrogens is 424 g/mol. The molecule has 3 atom stereocenters. The average molecular weight is 457 g/mol. The third kappa shape index (κ3) is 4.48. The Balaban J connectivity index is 1.04. The van der Waals surface area contributed by atoms with Crippen LogP contribution >= 0.6 is 0 Å². The van der Waals surface area contributed by atoms with Gasteiger partial charge in [-0.3, -0.25) is 0 Å². The molecule has 1 aliphatic carbocycles. The first kappa shape index (κ1) is 21.6. The average Bonchev–Trinajstić information content (AvgIpc) is 3.26. The van der Waals surface area contributed by atoms with Crippen molar-refractivity contribution in [1.82, 2.24) is 9.97 Å². The summed E-state index contributed by atoms with van der Waals surface area (Å²) in [7, 11) is -3.15. The normalized spacial score (nSPS) is 25.8. The van der Waals surface area contributed by atoms with Crippen molar-refractivity contribution in [1.29, 1.82) is 0 Å². The van der Waals surface area contributed by atoms with E-state index < -0.39 is 9.84 Å². The van der Waals surface area contributed by atoms with Crippen molar-refractivity contribution in [3.05, 3.63) is 42.2 Å². The number of anilines is 2. The van der Waals surface area contributed by atoms with Gasteiger partial charge in [0, 0.05) is 50.5 Å². The van der Waals surface area contributed by atoms with E-state index in [1.165, 1.54) is 11.8 Å². The molecule has 0 radical (unpaired) electrons. The van der Waals surface area contributed by atoms with Crippen LogP contribution < -0.4 is 9.80 Å². The Labute approximate surface area is 190 Å². The smallest absolute Gasteiger partial charge is 0.225 e. The maximum absolute atomic E-state index is 11.6. The molecule has 2 saturated heterocycles. The molecule has 3 heterocycles. The van der Waals surface area contributed by atoms with Gasteiger partial charge >= 0.3 is 0 Å². The summed E-state index contributed by atoms with van der Waals surface area (Å²) < 4.78 is 29.6. The minimum Gasteiger partial charge on any atom is -0.378 e. The minimum absolute atomic E-state index is 0.323. The summed E-state index contributed by atoms with van der Waals surface area (Å²) in [6, 6.07) is 7.22. The summed E-state index contributed by atoms with van der Waals surface area (Å²) >= 11 is 0. The van der Waals surface area contributed by atoms with Crippen LogP contribution in [0.25, 0.3) is 0 Å². The lowest BCUT2D eigenvalue weighted by Crippen LogP contribution is -2.37. The van der Waals surface area contributed by atoms with Gasteiger partial charge in [0.15, 0.2) is 9.84 Å². The third-order valence-corrected chi connectivity index (χ3v) is 8.48. The lowest BCUT2D eigenvalue weighted by Gasteiger charge is -2.33. The monoisotopic (exact) mass is 456 g/mol. The standard InChI is InChI=1S/C24H32N4O3S/c1-3-17-12-25-24(26-13-17)28-14-21-22(15-28)23(21)16-31-19-8-10-27(11-9-19)18-4-6-20(7-5-18)32(2,29)30/h4-7,12-13,19,21-23H,3,8-11,14-16H2,1-2H3/t21-,22?,23+/m1/s1. The Morgan fingerprint density at radius 2 is 1.62 bits per heavy atom. The van der Waals surface area contributed by atoms with E-state index in [2.05, 4.69) is 26.7 Å². The van der Waals surface area contributed by atoms with Gasteiger partial charge in [0.05, 0.1) is 17.6 Å². The predicted octanol–water partition coefficient (Wildman–Crippen LogP) is 2.81. The minimum atomic E-state index is -3.15.